The van der Waals surface area contributed by atoms with Crippen LogP contribution in [0.4, 0.5) is 0 Å². The molecule has 0 aromatic heterocycles. The van der Waals surface area contributed by atoms with Crippen molar-refractivity contribution in [1.29, 1.82) is 0 Å². The number of likely N-dealkylation sites (tertiary alicyclic amines) is 1. The predicted molar refractivity (Wildman–Crippen MR) is 77.0 cm³/mol. The lowest BCUT2D eigenvalue weighted by Gasteiger charge is -2.41. The molecule has 2 saturated carbocycles. The van der Waals surface area contributed by atoms with Gasteiger partial charge >= 0.3 is 0 Å². The van der Waals surface area contributed by atoms with Crippen LogP contribution in [-0.2, 0) is 4.79 Å². The van der Waals surface area contributed by atoms with E-state index in [1.165, 1.54) is 51.4 Å². The zero-order valence-corrected chi connectivity index (χ0v) is 12.3. The van der Waals surface area contributed by atoms with E-state index in [0.29, 0.717) is 17.4 Å². The third kappa shape index (κ3) is 3.31. The molecule has 1 saturated heterocycles. The van der Waals surface area contributed by atoms with E-state index in [1.54, 1.807) is 0 Å². The monoisotopic (exact) mass is 264 g/mol. The highest BCUT2D eigenvalue weighted by atomic mass is 16.2. The van der Waals surface area contributed by atoms with Crippen LogP contribution in [0.5, 0.6) is 0 Å². The number of hydrogen-bond donors (Lipinski definition) is 1. The molecule has 3 fully saturated rings. The topological polar surface area (TPSA) is 32.3 Å². The Labute approximate surface area is 117 Å². The zero-order chi connectivity index (χ0) is 13.3. The van der Waals surface area contributed by atoms with Gasteiger partial charge in [0.15, 0.2) is 0 Å². The van der Waals surface area contributed by atoms with Crippen LogP contribution >= 0.6 is 0 Å². The van der Waals surface area contributed by atoms with Crippen LogP contribution in [0.15, 0.2) is 0 Å². The van der Waals surface area contributed by atoms with Gasteiger partial charge in [0.2, 0.25) is 5.91 Å². The third-order valence-electron chi connectivity index (χ3n) is 5.18. The van der Waals surface area contributed by atoms with E-state index in [4.69, 9.17) is 0 Å². The summed E-state index contributed by atoms with van der Waals surface area (Å²) in [4.78, 5) is 14.7. The molecule has 1 unspecified atom stereocenters. The molecular weight excluding hydrogens is 236 g/mol. The molecule has 3 nitrogen and oxygen atoms in total. The van der Waals surface area contributed by atoms with Crippen LogP contribution in [-0.4, -0.2) is 36.0 Å². The average Bonchev–Trinajstić information content (AvgIpc) is 3.19. The van der Waals surface area contributed by atoms with Gasteiger partial charge < -0.3 is 10.2 Å². The minimum Gasteiger partial charge on any atom is -0.341 e. The fourth-order valence-electron chi connectivity index (χ4n) is 3.81. The van der Waals surface area contributed by atoms with E-state index >= 15 is 0 Å². The van der Waals surface area contributed by atoms with E-state index in [1.807, 2.05) is 0 Å². The number of amides is 1. The van der Waals surface area contributed by atoms with Gasteiger partial charge in [0.05, 0.1) is 6.04 Å². The molecule has 3 aliphatic rings. The largest absolute Gasteiger partial charge is 0.341 e. The molecular formula is C16H28N2O. The van der Waals surface area contributed by atoms with Crippen molar-refractivity contribution in [3.8, 4) is 0 Å². The third-order valence-corrected chi connectivity index (χ3v) is 5.18. The van der Waals surface area contributed by atoms with Crippen LogP contribution in [0, 0.1) is 5.41 Å². The van der Waals surface area contributed by atoms with Crippen molar-refractivity contribution in [1.82, 2.24) is 10.2 Å². The molecule has 0 bridgehead atoms. The Morgan fingerprint density at radius 2 is 1.89 bits per heavy atom. The summed E-state index contributed by atoms with van der Waals surface area (Å²) in [5.41, 5.74) is 0.384. The molecule has 1 aliphatic heterocycles. The number of carbonyl (C=O) groups excluding carboxylic acids is 1. The SMILES string of the molecule is CC1(CN2CCCC(NC3CC3)C2=O)CCCCC1. The highest BCUT2D eigenvalue weighted by Crippen LogP contribution is 2.37. The maximum atomic E-state index is 12.6. The maximum Gasteiger partial charge on any atom is 0.239 e. The van der Waals surface area contributed by atoms with Crippen molar-refractivity contribution in [3.63, 3.8) is 0 Å². The number of hydrogen-bond acceptors (Lipinski definition) is 2. The molecule has 2 aliphatic carbocycles. The molecule has 0 radical (unpaired) electrons. The molecule has 0 aromatic rings. The van der Waals surface area contributed by atoms with Crippen LogP contribution in [0.25, 0.3) is 0 Å². The number of nitrogens with one attached hydrogen (secondary N) is 1. The predicted octanol–water partition coefficient (Wildman–Crippen LogP) is 2.70. The Morgan fingerprint density at radius 1 is 1.16 bits per heavy atom. The second kappa shape index (κ2) is 5.43. The summed E-state index contributed by atoms with van der Waals surface area (Å²) >= 11 is 0. The van der Waals surface area contributed by atoms with Gasteiger partial charge in [-0.2, -0.15) is 0 Å². The van der Waals surface area contributed by atoms with Gasteiger partial charge in [0, 0.05) is 19.1 Å². The second-order valence-corrected chi connectivity index (χ2v) is 7.27. The van der Waals surface area contributed by atoms with Crippen LogP contribution < -0.4 is 5.32 Å². The summed E-state index contributed by atoms with van der Waals surface area (Å²) in [7, 11) is 0. The van der Waals surface area contributed by atoms with Gasteiger partial charge in [-0.05, 0) is 43.9 Å². The summed E-state index contributed by atoms with van der Waals surface area (Å²) in [6.45, 7) is 4.36. The Morgan fingerprint density at radius 3 is 2.58 bits per heavy atom. The van der Waals surface area contributed by atoms with Gasteiger partial charge in [0.1, 0.15) is 0 Å². The molecule has 1 atom stereocenters. The molecule has 108 valence electrons. The number of piperidine rings is 1. The fraction of sp³-hybridized carbons (Fsp3) is 0.938. The molecule has 3 heteroatoms. The summed E-state index contributed by atoms with van der Waals surface area (Å²) < 4.78 is 0. The Balaban J connectivity index is 1.57. The Hall–Kier alpha value is -0.570. The minimum absolute atomic E-state index is 0.119. The van der Waals surface area contributed by atoms with Crippen molar-refractivity contribution < 1.29 is 4.79 Å². The molecule has 0 spiro atoms. The van der Waals surface area contributed by atoms with Crippen molar-refractivity contribution in [3.05, 3.63) is 0 Å². The van der Waals surface area contributed by atoms with E-state index in [0.717, 1.165) is 19.5 Å². The van der Waals surface area contributed by atoms with Gasteiger partial charge in [0.25, 0.3) is 0 Å². The van der Waals surface area contributed by atoms with Crippen molar-refractivity contribution in [2.24, 2.45) is 5.41 Å². The van der Waals surface area contributed by atoms with Crippen molar-refractivity contribution in [2.75, 3.05) is 13.1 Å². The standard InChI is InChI=1S/C16H28N2O/c1-16(9-3-2-4-10-16)12-18-11-5-6-14(15(18)19)17-13-7-8-13/h13-14,17H,2-12H2,1H3. The Kier molecular flexibility index (Phi) is 3.84. The van der Waals surface area contributed by atoms with Gasteiger partial charge in [-0.3, -0.25) is 4.79 Å². The first-order valence-electron chi connectivity index (χ1n) is 8.21. The molecule has 1 amide bonds. The quantitative estimate of drug-likeness (QED) is 0.846. The van der Waals surface area contributed by atoms with Crippen LogP contribution in [0.2, 0.25) is 0 Å². The summed E-state index contributed by atoms with van der Waals surface area (Å²) in [5, 5.41) is 3.53. The molecule has 19 heavy (non-hydrogen) atoms. The lowest BCUT2D eigenvalue weighted by Crippen LogP contribution is -2.53. The highest BCUT2D eigenvalue weighted by Gasteiger charge is 2.37. The van der Waals surface area contributed by atoms with E-state index in [9.17, 15) is 4.79 Å². The number of rotatable bonds is 4. The Bertz CT molecular complexity index is 332. The van der Waals surface area contributed by atoms with Gasteiger partial charge in [-0.25, -0.2) is 0 Å². The van der Waals surface area contributed by atoms with Gasteiger partial charge in [-0.15, -0.1) is 0 Å². The van der Waals surface area contributed by atoms with E-state index in [2.05, 4.69) is 17.1 Å². The zero-order valence-electron chi connectivity index (χ0n) is 12.3. The van der Waals surface area contributed by atoms with E-state index in [-0.39, 0.29) is 6.04 Å². The second-order valence-electron chi connectivity index (χ2n) is 7.27. The first-order chi connectivity index (χ1) is 9.16. The minimum atomic E-state index is 0.119. The average molecular weight is 264 g/mol. The maximum absolute atomic E-state index is 12.6. The van der Waals surface area contributed by atoms with Crippen molar-refractivity contribution >= 4 is 5.91 Å². The lowest BCUT2D eigenvalue weighted by molar-refractivity contribution is -0.138. The van der Waals surface area contributed by atoms with Crippen LogP contribution in [0.3, 0.4) is 0 Å². The van der Waals surface area contributed by atoms with E-state index < -0.39 is 0 Å². The van der Waals surface area contributed by atoms with Gasteiger partial charge in [-0.1, -0.05) is 26.2 Å². The summed E-state index contributed by atoms with van der Waals surface area (Å²) in [6, 6.07) is 0.757. The lowest BCUT2D eigenvalue weighted by atomic mass is 9.75. The molecule has 3 rings (SSSR count). The van der Waals surface area contributed by atoms with Crippen LogP contribution in [0.1, 0.15) is 64.7 Å². The first-order valence-corrected chi connectivity index (χ1v) is 8.21. The molecule has 1 heterocycles. The first kappa shape index (κ1) is 13.4. The number of carbonyl (C=O) groups is 1. The molecule has 0 aromatic carbocycles. The smallest absolute Gasteiger partial charge is 0.239 e. The summed E-state index contributed by atoms with van der Waals surface area (Å²) in [6.07, 6.45) is 11.4. The number of nitrogens with zero attached hydrogens (tertiary/aromatic N) is 1. The normalized spacial score (nSPS) is 31.5. The fourth-order valence-corrected chi connectivity index (χ4v) is 3.81. The summed E-state index contributed by atoms with van der Waals surface area (Å²) in [5.74, 6) is 0.380. The highest BCUT2D eigenvalue weighted by molar-refractivity contribution is 5.82. The molecule has 1 N–H and O–H groups in total. The van der Waals surface area contributed by atoms with Crippen molar-refractivity contribution in [2.45, 2.75) is 76.8 Å².